The van der Waals surface area contributed by atoms with E-state index in [-0.39, 0.29) is 29.2 Å². The van der Waals surface area contributed by atoms with Crippen LogP contribution in [0.5, 0.6) is 0 Å². The van der Waals surface area contributed by atoms with Gasteiger partial charge < -0.3 is 10.6 Å². The maximum absolute atomic E-state index is 12.7. The Morgan fingerprint density at radius 1 is 1.27 bits per heavy atom. The molecule has 0 radical (unpaired) electrons. The number of hydrogen-bond acceptors (Lipinski definition) is 2. The van der Waals surface area contributed by atoms with Gasteiger partial charge in [0.05, 0.1) is 0 Å². The lowest BCUT2D eigenvalue weighted by Crippen LogP contribution is -2.54. The summed E-state index contributed by atoms with van der Waals surface area (Å²) in [7, 11) is 0. The number of carbonyl (C=O) groups excluding carboxylic acids is 1. The Kier molecular flexibility index (Phi) is 4.17. The van der Waals surface area contributed by atoms with Crippen LogP contribution in [0.15, 0.2) is 18.2 Å². The maximum atomic E-state index is 12.7. The molecule has 2 fully saturated rings. The number of hydrogen-bond donors (Lipinski definition) is 1. The summed E-state index contributed by atoms with van der Waals surface area (Å²) in [4.78, 5) is 14.7. The number of benzene rings is 1. The van der Waals surface area contributed by atoms with Crippen LogP contribution in [-0.4, -0.2) is 29.9 Å². The first kappa shape index (κ1) is 16.1. The van der Waals surface area contributed by atoms with Gasteiger partial charge in [-0.2, -0.15) is 0 Å². The normalized spacial score (nSPS) is 30.2. The van der Waals surface area contributed by atoms with E-state index in [1.165, 1.54) is 0 Å². The molecule has 0 spiro atoms. The minimum absolute atomic E-state index is 0.0162. The second-order valence-corrected chi connectivity index (χ2v) is 8.17. The highest BCUT2D eigenvalue weighted by Crippen LogP contribution is 2.50. The average Bonchev–Trinajstić information content (AvgIpc) is 3.20. The predicted molar refractivity (Wildman–Crippen MR) is 90.3 cm³/mol. The van der Waals surface area contributed by atoms with Crippen LogP contribution < -0.4 is 5.73 Å². The third-order valence-electron chi connectivity index (χ3n) is 5.04. The molecule has 1 aromatic rings. The Morgan fingerprint density at radius 2 is 1.91 bits per heavy atom. The summed E-state index contributed by atoms with van der Waals surface area (Å²) in [5.41, 5.74) is 7.21. The lowest BCUT2D eigenvalue weighted by Gasteiger charge is -2.42. The van der Waals surface area contributed by atoms with Crippen molar-refractivity contribution in [3.05, 3.63) is 33.8 Å². The molecule has 22 heavy (non-hydrogen) atoms. The molecule has 1 heterocycles. The van der Waals surface area contributed by atoms with Crippen LogP contribution in [0.25, 0.3) is 0 Å². The van der Waals surface area contributed by atoms with Gasteiger partial charge in [0, 0.05) is 35.1 Å². The summed E-state index contributed by atoms with van der Waals surface area (Å²) in [5, 5.41) is 1.26. The van der Waals surface area contributed by atoms with E-state index in [2.05, 4.69) is 13.8 Å². The van der Waals surface area contributed by atoms with Crippen molar-refractivity contribution < 1.29 is 4.79 Å². The van der Waals surface area contributed by atoms with Crippen molar-refractivity contribution in [2.75, 3.05) is 13.1 Å². The summed E-state index contributed by atoms with van der Waals surface area (Å²) in [6.45, 7) is 5.78. The molecule has 0 bridgehead atoms. The molecule has 1 saturated heterocycles. The van der Waals surface area contributed by atoms with Crippen molar-refractivity contribution in [1.82, 2.24) is 4.90 Å². The monoisotopic (exact) mass is 340 g/mol. The molecule has 1 aliphatic carbocycles. The number of nitrogens with zero attached hydrogens (tertiary/aromatic N) is 1. The van der Waals surface area contributed by atoms with Gasteiger partial charge in [-0.15, -0.1) is 0 Å². The molecule has 1 saturated carbocycles. The SMILES string of the molecule is CC1(C)CN(C(=O)C2CC2c2cc(Cl)cc(Cl)c2)CCC1N. The molecule has 3 rings (SSSR count). The predicted octanol–water partition coefficient (Wildman–Crippen LogP) is 3.68. The Hall–Kier alpha value is -0.770. The topological polar surface area (TPSA) is 46.3 Å². The van der Waals surface area contributed by atoms with Gasteiger partial charge in [-0.25, -0.2) is 0 Å². The van der Waals surface area contributed by atoms with Crippen LogP contribution in [-0.2, 0) is 4.79 Å². The molecule has 3 atom stereocenters. The van der Waals surface area contributed by atoms with E-state index in [1.54, 1.807) is 6.07 Å². The first-order valence-electron chi connectivity index (χ1n) is 7.78. The van der Waals surface area contributed by atoms with Gasteiger partial charge in [0.2, 0.25) is 5.91 Å². The van der Waals surface area contributed by atoms with Crippen LogP contribution in [0.2, 0.25) is 10.0 Å². The molecule has 3 unspecified atom stereocenters. The van der Waals surface area contributed by atoms with Crippen LogP contribution in [0.3, 0.4) is 0 Å². The molecule has 1 amide bonds. The highest BCUT2D eigenvalue weighted by molar-refractivity contribution is 6.34. The largest absolute Gasteiger partial charge is 0.342 e. The Bertz CT molecular complexity index is 582. The second-order valence-electron chi connectivity index (χ2n) is 7.30. The Morgan fingerprint density at radius 3 is 2.50 bits per heavy atom. The number of nitrogens with two attached hydrogens (primary N) is 1. The van der Waals surface area contributed by atoms with Crippen LogP contribution >= 0.6 is 23.2 Å². The minimum Gasteiger partial charge on any atom is -0.342 e. The molecule has 3 nitrogen and oxygen atoms in total. The fourth-order valence-corrected chi connectivity index (χ4v) is 3.96. The number of amides is 1. The van der Waals surface area contributed by atoms with Gasteiger partial charge in [-0.3, -0.25) is 4.79 Å². The summed E-state index contributed by atoms with van der Waals surface area (Å²) in [6.07, 6.45) is 1.76. The Balaban J connectivity index is 1.68. The number of carbonyl (C=O) groups is 1. The first-order chi connectivity index (χ1) is 10.3. The number of rotatable bonds is 2. The highest BCUT2D eigenvalue weighted by atomic mass is 35.5. The van der Waals surface area contributed by atoms with Crippen molar-refractivity contribution in [3.8, 4) is 0 Å². The van der Waals surface area contributed by atoms with E-state index in [9.17, 15) is 4.79 Å². The zero-order valence-electron chi connectivity index (χ0n) is 13.0. The summed E-state index contributed by atoms with van der Waals surface area (Å²) < 4.78 is 0. The van der Waals surface area contributed by atoms with Gasteiger partial charge in [-0.05, 0) is 47.9 Å². The fraction of sp³-hybridized carbons (Fsp3) is 0.588. The molecule has 1 aromatic carbocycles. The van der Waals surface area contributed by atoms with Crippen LogP contribution in [0.4, 0.5) is 0 Å². The van der Waals surface area contributed by atoms with E-state index in [0.717, 1.165) is 31.5 Å². The molecular weight excluding hydrogens is 319 g/mol. The standard InChI is InChI=1S/C17H22Cl2N2O/c1-17(2)9-21(4-3-15(17)20)16(22)14-8-13(14)10-5-11(18)7-12(19)6-10/h5-7,13-15H,3-4,8-9,20H2,1-2H3. The quantitative estimate of drug-likeness (QED) is 0.892. The van der Waals surface area contributed by atoms with Gasteiger partial charge in [0.1, 0.15) is 0 Å². The number of piperidine rings is 1. The van der Waals surface area contributed by atoms with E-state index in [1.807, 2.05) is 17.0 Å². The van der Waals surface area contributed by atoms with E-state index in [4.69, 9.17) is 28.9 Å². The lowest BCUT2D eigenvalue weighted by molar-refractivity contribution is -0.136. The zero-order chi connectivity index (χ0) is 16.1. The van der Waals surface area contributed by atoms with E-state index >= 15 is 0 Å². The third kappa shape index (κ3) is 3.12. The highest BCUT2D eigenvalue weighted by Gasteiger charge is 2.47. The van der Waals surface area contributed by atoms with Gasteiger partial charge >= 0.3 is 0 Å². The molecule has 1 aliphatic heterocycles. The van der Waals surface area contributed by atoms with Gasteiger partial charge in [0.25, 0.3) is 0 Å². The van der Waals surface area contributed by atoms with Gasteiger partial charge in [0.15, 0.2) is 0 Å². The molecule has 2 N–H and O–H groups in total. The van der Waals surface area contributed by atoms with Crippen molar-refractivity contribution in [1.29, 1.82) is 0 Å². The smallest absolute Gasteiger partial charge is 0.226 e. The summed E-state index contributed by atoms with van der Waals surface area (Å²) in [6, 6.07) is 5.72. The molecule has 5 heteroatoms. The molecular formula is C17H22Cl2N2O. The first-order valence-corrected chi connectivity index (χ1v) is 8.54. The average molecular weight is 341 g/mol. The minimum atomic E-state index is -0.0162. The summed E-state index contributed by atoms with van der Waals surface area (Å²) in [5.74, 6) is 0.572. The van der Waals surface area contributed by atoms with Gasteiger partial charge in [-0.1, -0.05) is 37.0 Å². The van der Waals surface area contributed by atoms with Crippen molar-refractivity contribution in [3.63, 3.8) is 0 Å². The lowest BCUT2D eigenvalue weighted by atomic mass is 9.79. The fourth-order valence-electron chi connectivity index (χ4n) is 3.42. The molecule has 0 aromatic heterocycles. The van der Waals surface area contributed by atoms with Crippen molar-refractivity contribution in [2.45, 2.75) is 38.6 Å². The number of halogens is 2. The van der Waals surface area contributed by atoms with Crippen LogP contribution in [0.1, 0.15) is 38.2 Å². The van der Waals surface area contributed by atoms with Crippen LogP contribution in [0, 0.1) is 11.3 Å². The Labute approximate surface area is 141 Å². The maximum Gasteiger partial charge on any atom is 0.226 e. The van der Waals surface area contributed by atoms with E-state index in [0.29, 0.717) is 10.0 Å². The zero-order valence-corrected chi connectivity index (χ0v) is 14.5. The van der Waals surface area contributed by atoms with E-state index < -0.39 is 0 Å². The van der Waals surface area contributed by atoms with Crippen molar-refractivity contribution in [2.24, 2.45) is 17.1 Å². The van der Waals surface area contributed by atoms with Crippen molar-refractivity contribution >= 4 is 29.1 Å². The summed E-state index contributed by atoms with van der Waals surface area (Å²) >= 11 is 12.1. The molecule has 120 valence electrons. The molecule has 2 aliphatic rings. The second kappa shape index (κ2) is 5.70. The number of likely N-dealkylation sites (tertiary alicyclic amines) is 1. The third-order valence-corrected chi connectivity index (χ3v) is 5.48.